The van der Waals surface area contributed by atoms with Gasteiger partial charge >= 0.3 is 5.97 Å². The quantitative estimate of drug-likeness (QED) is 0.888. The van der Waals surface area contributed by atoms with E-state index in [4.69, 9.17) is 16.7 Å². The van der Waals surface area contributed by atoms with Gasteiger partial charge in [0.25, 0.3) is 0 Å². The lowest BCUT2D eigenvalue weighted by molar-refractivity contribution is 0.0697. The Morgan fingerprint density at radius 2 is 1.76 bits per heavy atom. The summed E-state index contributed by atoms with van der Waals surface area (Å²) in [4.78, 5) is 11.2. The fraction of sp³-hybridized carbons (Fsp3) is 0. The zero-order valence-electron chi connectivity index (χ0n) is 8.65. The van der Waals surface area contributed by atoms with E-state index in [1.807, 2.05) is 6.07 Å². The summed E-state index contributed by atoms with van der Waals surface area (Å²) in [6, 6.07) is 12.3. The predicted octanol–water partition coefficient (Wildman–Crippen LogP) is 4.47. The van der Waals surface area contributed by atoms with E-state index in [2.05, 4.69) is 15.9 Å². The second-order valence-corrected chi connectivity index (χ2v) is 4.85. The molecule has 0 amide bonds. The molecule has 0 fully saturated rings. The molecular formula is C13H8BrClO2. The minimum Gasteiger partial charge on any atom is -0.478 e. The maximum Gasteiger partial charge on any atom is 0.336 e. The Morgan fingerprint density at radius 3 is 2.35 bits per heavy atom. The van der Waals surface area contributed by atoms with Gasteiger partial charge < -0.3 is 5.11 Å². The SMILES string of the molecule is O=C(O)c1cc(Br)ccc1-c1ccc(Cl)cc1. The molecule has 17 heavy (non-hydrogen) atoms. The van der Waals surface area contributed by atoms with Gasteiger partial charge in [-0.15, -0.1) is 0 Å². The molecule has 0 atom stereocenters. The number of rotatable bonds is 2. The van der Waals surface area contributed by atoms with E-state index in [0.717, 1.165) is 10.0 Å². The van der Waals surface area contributed by atoms with E-state index >= 15 is 0 Å². The summed E-state index contributed by atoms with van der Waals surface area (Å²) < 4.78 is 0.743. The lowest BCUT2D eigenvalue weighted by atomic mass is 10.00. The van der Waals surface area contributed by atoms with Gasteiger partial charge in [0, 0.05) is 9.50 Å². The molecule has 2 aromatic carbocycles. The predicted molar refractivity (Wildman–Crippen MR) is 71.5 cm³/mol. The number of hydrogen-bond acceptors (Lipinski definition) is 1. The lowest BCUT2D eigenvalue weighted by Gasteiger charge is -2.07. The van der Waals surface area contributed by atoms with E-state index in [1.54, 1.807) is 36.4 Å². The van der Waals surface area contributed by atoms with Crippen molar-refractivity contribution in [2.24, 2.45) is 0 Å². The van der Waals surface area contributed by atoms with Crippen LogP contribution in [-0.2, 0) is 0 Å². The molecule has 86 valence electrons. The first-order valence-corrected chi connectivity index (χ1v) is 6.04. The molecule has 4 heteroatoms. The third-order valence-electron chi connectivity index (χ3n) is 2.37. The van der Waals surface area contributed by atoms with Crippen LogP contribution < -0.4 is 0 Å². The molecular weight excluding hydrogens is 303 g/mol. The minimum absolute atomic E-state index is 0.265. The summed E-state index contributed by atoms with van der Waals surface area (Å²) in [6.45, 7) is 0. The summed E-state index contributed by atoms with van der Waals surface area (Å²) in [6.07, 6.45) is 0. The largest absolute Gasteiger partial charge is 0.478 e. The Bertz CT molecular complexity index is 564. The zero-order valence-corrected chi connectivity index (χ0v) is 11.0. The van der Waals surface area contributed by atoms with Crippen molar-refractivity contribution >= 4 is 33.5 Å². The van der Waals surface area contributed by atoms with E-state index in [0.29, 0.717) is 10.6 Å². The normalized spacial score (nSPS) is 10.2. The van der Waals surface area contributed by atoms with E-state index in [9.17, 15) is 4.79 Å². The minimum atomic E-state index is -0.948. The first kappa shape index (κ1) is 12.1. The number of benzene rings is 2. The number of halogens is 2. The average molecular weight is 312 g/mol. The number of carbonyl (C=O) groups is 1. The molecule has 2 aromatic rings. The van der Waals surface area contributed by atoms with E-state index in [-0.39, 0.29) is 5.56 Å². The van der Waals surface area contributed by atoms with Crippen LogP contribution in [0.25, 0.3) is 11.1 Å². The number of aromatic carboxylic acids is 1. The number of hydrogen-bond donors (Lipinski definition) is 1. The highest BCUT2D eigenvalue weighted by Gasteiger charge is 2.11. The molecule has 1 N–H and O–H groups in total. The molecule has 0 aliphatic rings. The molecule has 0 aromatic heterocycles. The van der Waals surface area contributed by atoms with Gasteiger partial charge in [0.15, 0.2) is 0 Å². The summed E-state index contributed by atoms with van der Waals surface area (Å²) in [5.41, 5.74) is 1.78. The first-order valence-electron chi connectivity index (χ1n) is 4.87. The molecule has 0 aliphatic carbocycles. The second-order valence-electron chi connectivity index (χ2n) is 3.50. The maximum absolute atomic E-state index is 11.2. The molecule has 2 nitrogen and oxygen atoms in total. The van der Waals surface area contributed by atoms with E-state index < -0.39 is 5.97 Å². The lowest BCUT2D eigenvalue weighted by Crippen LogP contribution is -1.99. The number of carboxylic acid groups (broad SMARTS) is 1. The fourth-order valence-electron chi connectivity index (χ4n) is 1.57. The van der Waals surface area contributed by atoms with Gasteiger partial charge in [-0.3, -0.25) is 0 Å². The standard InChI is InChI=1S/C13H8BrClO2/c14-9-3-6-11(12(7-9)13(16)17)8-1-4-10(15)5-2-8/h1-7H,(H,16,17). The second kappa shape index (κ2) is 4.90. The van der Waals surface area contributed by atoms with Crippen LogP contribution in [-0.4, -0.2) is 11.1 Å². The molecule has 0 saturated heterocycles. The highest BCUT2D eigenvalue weighted by atomic mass is 79.9. The van der Waals surface area contributed by atoms with Crippen molar-refractivity contribution in [3.8, 4) is 11.1 Å². The third kappa shape index (κ3) is 2.68. The van der Waals surface area contributed by atoms with Gasteiger partial charge in [-0.1, -0.05) is 45.7 Å². The molecule has 0 bridgehead atoms. The smallest absolute Gasteiger partial charge is 0.336 e. The van der Waals surface area contributed by atoms with Crippen LogP contribution in [0, 0.1) is 0 Å². The van der Waals surface area contributed by atoms with Crippen LogP contribution in [0.1, 0.15) is 10.4 Å². The average Bonchev–Trinajstić information content (AvgIpc) is 2.30. The Morgan fingerprint density at radius 1 is 1.12 bits per heavy atom. The first-order chi connectivity index (χ1) is 8.08. The maximum atomic E-state index is 11.2. The highest BCUT2D eigenvalue weighted by molar-refractivity contribution is 9.10. The Balaban J connectivity index is 2.58. The molecule has 0 saturated carbocycles. The molecule has 0 radical (unpaired) electrons. The topological polar surface area (TPSA) is 37.3 Å². The Hall–Kier alpha value is -1.32. The molecule has 2 rings (SSSR count). The molecule has 0 aliphatic heterocycles. The van der Waals surface area contributed by atoms with Gasteiger partial charge in [0.05, 0.1) is 5.56 Å². The van der Waals surface area contributed by atoms with Gasteiger partial charge in [0.2, 0.25) is 0 Å². The van der Waals surface area contributed by atoms with Gasteiger partial charge in [-0.2, -0.15) is 0 Å². The van der Waals surface area contributed by atoms with Gasteiger partial charge in [-0.25, -0.2) is 4.79 Å². The number of carboxylic acids is 1. The van der Waals surface area contributed by atoms with Crippen LogP contribution in [0.2, 0.25) is 5.02 Å². The monoisotopic (exact) mass is 310 g/mol. The van der Waals surface area contributed by atoms with E-state index in [1.165, 1.54) is 0 Å². The van der Waals surface area contributed by atoms with Gasteiger partial charge in [0.1, 0.15) is 0 Å². The zero-order chi connectivity index (χ0) is 12.4. The molecule has 0 spiro atoms. The van der Waals surface area contributed by atoms with Gasteiger partial charge in [-0.05, 0) is 35.4 Å². The van der Waals surface area contributed by atoms with Crippen molar-refractivity contribution in [2.45, 2.75) is 0 Å². The van der Waals surface area contributed by atoms with Crippen molar-refractivity contribution in [1.29, 1.82) is 0 Å². The summed E-state index contributed by atoms with van der Waals surface area (Å²) in [5.74, 6) is -0.948. The van der Waals surface area contributed by atoms with Crippen molar-refractivity contribution < 1.29 is 9.90 Å². The summed E-state index contributed by atoms with van der Waals surface area (Å²) >= 11 is 9.07. The van der Waals surface area contributed by atoms with Crippen molar-refractivity contribution in [3.05, 3.63) is 57.5 Å². The van der Waals surface area contributed by atoms with Crippen molar-refractivity contribution in [3.63, 3.8) is 0 Å². The van der Waals surface area contributed by atoms with Crippen LogP contribution in [0.5, 0.6) is 0 Å². The third-order valence-corrected chi connectivity index (χ3v) is 3.11. The van der Waals surface area contributed by atoms with Crippen LogP contribution in [0.4, 0.5) is 0 Å². The van der Waals surface area contributed by atoms with Crippen LogP contribution in [0.3, 0.4) is 0 Å². The Labute approximate surface area is 112 Å². The summed E-state index contributed by atoms with van der Waals surface area (Å²) in [5, 5.41) is 9.79. The van der Waals surface area contributed by atoms with Crippen LogP contribution in [0.15, 0.2) is 46.9 Å². The highest BCUT2D eigenvalue weighted by Crippen LogP contribution is 2.27. The summed E-state index contributed by atoms with van der Waals surface area (Å²) in [7, 11) is 0. The molecule has 0 unspecified atom stereocenters. The molecule has 0 heterocycles. The van der Waals surface area contributed by atoms with Crippen molar-refractivity contribution in [2.75, 3.05) is 0 Å². The Kier molecular flexibility index (Phi) is 3.50. The van der Waals surface area contributed by atoms with Crippen LogP contribution >= 0.6 is 27.5 Å². The fourth-order valence-corrected chi connectivity index (χ4v) is 2.06. The van der Waals surface area contributed by atoms with Crippen molar-refractivity contribution in [1.82, 2.24) is 0 Å².